The number of hydrogen-bond acceptors (Lipinski definition) is 9. The number of methoxy groups -OCH3 is 1. The molecule has 2 fully saturated rings. The summed E-state index contributed by atoms with van der Waals surface area (Å²) < 4.78 is 52.9. The molecule has 1 spiro atoms. The third-order valence-corrected chi connectivity index (χ3v) is 8.81. The van der Waals surface area contributed by atoms with Crippen LogP contribution in [0.4, 0.5) is 24.8 Å². The first-order chi connectivity index (χ1) is 21.5. The number of nitrogens with one attached hydrogen (secondary N) is 2. The standard InChI is InChI=1S/C31H33F3N6O5/c1-39-11-9-30(10-12-39)14-20(15-30)36-26(41)18-7-8-22(24(13-18)43-2)37-29-35-16-21(31(32,33)34)27(38-29)45-23-6-4-5-19-17-40(44-3)28(42)25(19)23/h4-8,13,16,20H,9-12,14-15,17H2,1-3H3,(H,36,41)(H,35,37,38). The van der Waals surface area contributed by atoms with E-state index < -0.39 is 23.5 Å². The molecule has 14 heteroatoms. The molecule has 11 nitrogen and oxygen atoms in total. The number of alkyl halides is 3. The lowest BCUT2D eigenvalue weighted by Crippen LogP contribution is -2.54. The number of carbonyl (C=O) groups excluding carboxylic acids is 2. The zero-order valence-electron chi connectivity index (χ0n) is 25.0. The molecular weight excluding hydrogens is 593 g/mol. The predicted molar refractivity (Wildman–Crippen MR) is 156 cm³/mol. The molecule has 2 N–H and O–H groups in total. The third kappa shape index (κ3) is 6.12. The maximum Gasteiger partial charge on any atom is 0.423 e. The second-order valence-corrected chi connectivity index (χ2v) is 11.7. The molecule has 2 amide bonds. The van der Waals surface area contributed by atoms with Crippen molar-refractivity contribution in [2.45, 2.75) is 44.4 Å². The van der Waals surface area contributed by atoms with Crippen LogP contribution in [0.25, 0.3) is 0 Å². The molecule has 2 aliphatic heterocycles. The average molecular weight is 627 g/mol. The van der Waals surface area contributed by atoms with Crippen LogP contribution in [0.15, 0.2) is 42.6 Å². The van der Waals surface area contributed by atoms with Crippen LogP contribution in [0.2, 0.25) is 0 Å². The number of nitrogens with zero attached hydrogens (tertiary/aromatic N) is 4. The summed E-state index contributed by atoms with van der Waals surface area (Å²) in [7, 11) is 4.86. The number of amides is 2. The fourth-order valence-corrected chi connectivity index (χ4v) is 6.25. The molecule has 1 saturated heterocycles. The maximum atomic E-state index is 13.9. The van der Waals surface area contributed by atoms with Crippen molar-refractivity contribution in [2.24, 2.45) is 5.41 Å². The van der Waals surface area contributed by atoms with Crippen LogP contribution >= 0.6 is 0 Å². The number of likely N-dealkylation sites (tertiary alicyclic amines) is 1. The predicted octanol–water partition coefficient (Wildman–Crippen LogP) is 5.16. The molecule has 2 aromatic carbocycles. The van der Waals surface area contributed by atoms with E-state index in [1.165, 1.54) is 20.3 Å². The van der Waals surface area contributed by atoms with Gasteiger partial charge in [-0.25, -0.2) is 10.0 Å². The van der Waals surface area contributed by atoms with Crippen LogP contribution < -0.4 is 20.1 Å². The molecule has 1 aromatic heterocycles. The normalized spacial score (nSPS) is 18.0. The summed E-state index contributed by atoms with van der Waals surface area (Å²) in [5.74, 6) is -1.63. The van der Waals surface area contributed by atoms with E-state index in [4.69, 9.17) is 14.3 Å². The lowest BCUT2D eigenvalue weighted by molar-refractivity contribution is -0.139. The van der Waals surface area contributed by atoms with Crippen molar-refractivity contribution in [3.8, 4) is 17.4 Å². The van der Waals surface area contributed by atoms with Gasteiger partial charge in [-0.05, 0) is 81.1 Å². The summed E-state index contributed by atoms with van der Waals surface area (Å²) in [6.07, 6.45) is -0.0370. The van der Waals surface area contributed by atoms with E-state index in [9.17, 15) is 22.8 Å². The minimum atomic E-state index is -4.84. The molecule has 3 aromatic rings. The molecule has 3 aliphatic rings. The maximum absolute atomic E-state index is 13.9. The number of carbonyl (C=O) groups is 2. The molecule has 1 aliphatic carbocycles. The summed E-state index contributed by atoms with van der Waals surface area (Å²) in [6.45, 7) is 2.27. The van der Waals surface area contributed by atoms with E-state index >= 15 is 0 Å². The second kappa shape index (κ2) is 11.8. The Hall–Kier alpha value is -4.43. The van der Waals surface area contributed by atoms with Crippen molar-refractivity contribution in [1.29, 1.82) is 0 Å². The highest BCUT2D eigenvalue weighted by atomic mass is 19.4. The Kier molecular flexibility index (Phi) is 8.04. The molecule has 6 rings (SSSR count). The smallest absolute Gasteiger partial charge is 0.423 e. The van der Waals surface area contributed by atoms with Crippen LogP contribution in [-0.2, 0) is 17.6 Å². The van der Waals surface area contributed by atoms with Gasteiger partial charge < -0.3 is 25.0 Å². The van der Waals surface area contributed by atoms with Crippen molar-refractivity contribution in [3.05, 3.63) is 64.8 Å². The summed E-state index contributed by atoms with van der Waals surface area (Å²) >= 11 is 0. The highest BCUT2D eigenvalue weighted by molar-refractivity contribution is 6.00. The zero-order chi connectivity index (χ0) is 31.9. The number of halogens is 3. The van der Waals surface area contributed by atoms with Gasteiger partial charge in [-0.15, -0.1) is 0 Å². The van der Waals surface area contributed by atoms with E-state index in [1.54, 1.807) is 30.3 Å². The van der Waals surface area contributed by atoms with E-state index in [0.717, 1.165) is 43.8 Å². The Morgan fingerprint density at radius 2 is 1.84 bits per heavy atom. The number of anilines is 2. The highest BCUT2D eigenvalue weighted by Crippen LogP contribution is 2.49. The van der Waals surface area contributed by atoms with E-state index in [0.29, 0.717) is 28.4 Å². The molecule has 238 valence electrons. The van der Waals surface area contributed by atoms with E-state index in [2.05, 4.69) is 32.5 Å². The van der Waals surface area contributed by atoms with Crippen molar-refractivity contribution in [3.63, 3.8) is 0 Å². The van der Waals surface area contributed by atoms with E-state index in [1.807, 2.05) is 0 Å². The van der Waals surface area contributed by atoms with Gasteiger partial charge in [0.1, 0.15) is 17.1 Å². The number of ether oxygens (including phenoxy) is 2. The van der Waals surface area contributed by atoms with Crippen LogP contribution in [-0.4, -0.2) is 72.1 Å². The number of benzene rings is 2. The Morgan fingerprint density at radius 3 is 2.53 bits per heavy atom. The highest BCUT2D eigenvalue weighted by Gasteiger charge is 2.46. The largest absolute Gasteiger partial charge is 0.495 e. The van der Waals surface area contributed by atoms with Gasteiger partial charge >= 0.3 is 6.18 Å². The molecule has 0 bridgehead atoms. The minimum absolute atomic E-state index is 0.0829. The van der Waals surface area contributed by atoms with E-state index in [-0.39, 0.29) is 41.5 Å². The first-order valence-electron chi connectivity index (χ1n) is 14.5. The monoisotopic (exact) mass is 626 g/mol. The van der Waals surface area contributed by atoms with Crippen molar-refractivity contribution < 1.29 is 37.1 Å². The fraction of sp³-hybridized carbons (Fsp3) is 0.419. The van der Waals surface area contributed by atoms with Gasteiger partial charge in [-0.2, -0.15) is 18.2 Å². The molecular formula is C31H33F3N6O5. The van der Waals surface area contributed by atoms with Crippen LogP contribution in [0.3, 0.4) is 0 Å². The summed E-state index contributed by atoms with van der Waals surface area (Å²) in [5, 5.41) is 7.03. The Morgan fingerprint density at radius 1 is 1.09 bits per heavy atom. The Balaban J connectivity index is 1.19. The van der Waals surface area contributed by atoms with Crippen molar-refractivity contribution in [1.82, 2.24) is 25.2 Å². The first-order valence-corrected chi connectivity index (χ1v) is 14.5. The minimum Gasteiger partial charge on any atom is -0.495 e. The zero-order valence-corrected chi connectivity index (χ0v) is 25.0. The van der Waals surface area contributed by atoms with Gasteiger partial charge in [0, 0.05) is 17.8 Å². The molecule has 3 heterocycles. The summed E-state index contributed by atoms with van der Waals surface area (Å²) in [6, 6.07) is 9.42. The van der Waals surface area contributed by atoms with Crippen molar-refractivity contribution in [2.75, 3.05) is 39.7 Å². The molecule has 0 atom stereocenters. The molecule has 45 heavy (non-hydrogen) atoms. The third-order valence-electron chi connectivity index (χ3n) is 8.81. The number of aromatic nitrogens is 2. The number of fused-ring (bicyclic) bond motifs is 1. The van der Waals surface area contributed by atoms with Crippen LogP contribution in [0.5, 0.6) is 17.4 Å². The molecule has 0 radical (unpaired) electrons. The average Bonchev–Trinajstić information content (AvgIpc) is 3.33. The van der Waals surface area contributed by atoms with Gasteiger partial charge in [-0.1, -0.05) is 12.1 Å². The van der Waals surface area contributed by atoms with Gasteiger partial charge in [0.2, 0.25) is 11.8 Å². The fourth-order valence-electron chi connectivity index (χ4n) is 6.25. The lowest BCUT2D eigenvalue weighted by atomic mass is 9.60. The van der Waals surface area contributed by atoms with Crippen LogP contribution in [0, 0.1) is 5.41 Å². The SMILES string of the molecule is COc1cc(C(=O)NC2CC3(CCN(C)CC3)C2)ccc1Nc1ncc(C(F)(F)F)c(Oc2cccc3c2C(=O)N(OC)C3)n1. The van der Waals surface area contributed by atoms with Crippen molar-refractivity contribution >= 4 is 23.5 Å². The quantitative estimate of drug-likeness (QED) is 0.350. The van der Waals surface area contributed by atoms with Gasteiger partial charge in [0.25, 0.3) is 11.8 Å². The summed E-state index contributed by atoms with van der Waals surface area (Å²) in [4.78, 5) is 41.0. The topological polar surface area (TPSA) is 118 Å². The number of piperidine rings is 1. The molecule has 0 unspecified atom stereocenters. The lowest BCUT2D eigenvalue weighted by Gasteiger charge is -2.52. The first kappa shape index (κ1) is 30.6. The van der Waals surface area contributed by atoms with Crippen LogP contribution in [0.1, 0.15) is 57.5 Å². The number of hydrogen-bond donors (Lipinski definition) is 2. The number of hydroxylamine groups is 2. The Bertz CT molecular complexity index is 1620. The second-order valence-electron chi connectivity index (χ2n) is 11.7. The number of rotatable bonds is 8. The molecule has 1 saturated carbocycles. The summed E-state index contributed by atoms with van der Waals surface area (Å²) in [5.41, 5.74) is 0.414. The van der Waals surface area contributed by atoms with Gasteiger partial charge in [0.15, 0.2) is 0 Å². The Labute approximate surface area is 257 Å². The van der Waals surface area contributed by atoms with Gasteiger partial charge in [0.05, 0.1) is 32.0 Å². The van der Waals surface area contributed by atoms with Gasteiger partial charge in [-0.3, -0.25) is 14.4 Å².